The van der Waals surface area contributed by atoms with Gasteiger partial charge in [0.05, 0.1) is 11.2 Å². The highest BCUT2D eigenvalue weighted by Gasteiger charge is 2.15. The number of carboxylic acids is 1. The van der Waals surface area contributed by atoms with Crippen molar-refractivity contribution in [2.75, 3.05) is 5.32 Å². The van der Waals surface area contributed by atoms with E-state index in [1.807, 2.05) is 30.3 Å². The maximum atomic E-state index is 11.0. The van der Waals surface area contributed by atoms with E-state index < -0.39 is 5.97 Å². The standard InChI is InChI=1S/C13H8BrN3O2S/c14-11-10(12(18)19)20-13(17-11)16-8-5-1-3-7-4-2-6-15-9(7)8/h1-6H,(H,16,17)(H,18,19). The van der Waals surface area contributed by atoms with Crippen LogP contribution in [0.4, 0.5) is 10.8 Å². The fourth-order valence-electron chi connectivity index (χ4n) is 1.81. The third kappa shape index (κ3) is 2.37. The van der Waals surface area contributed by atoms with Crippen LogP contribution >= 0.6 is 27.3 Å². The summed E-state index contributed by atoms with van der Waals surface area (Å²) in [5.41, 5.74) is 1.61. The highest BCUT2D eigenvalue weighted by Crippen LogP contribution is 2.31. The van der Waals surface area contributed by atoms with Gasteiger partial charge in [-0.3, -0.25) is 4.98 Å². The lowest BCUT2D eigenvalue weighted by Gasteiger charge is -2.05. The Kier molecular flexibility index (Phi) is 3.37. The normalized spacial score (nSPS) is 10.7. The smallest absolute Gasteiger partial charge is 0.348 e. The number of benzene rings is 1. The summed E-state index contributed by atoms with van der Waals surface area (Å²) in [6.07, 6.45) is 1.72. The van der Waals surface area contributed by atoms with Crippen molar-refractivity contribution in [3.8, 4) is 0 Å². The Morgan fingerprint density at radius 3 is 2.85 bits per heavy atom. The zero-order chi connectivity index (χ0) is 14.1. The Balaban J connectivity index is 2.01. The SMILES string of the molecule is O=C(O)c1sc(Nc2cccc3cccnc23)nc1Br. The molecule has 0 aliphatic carbocycles. The van der Waals surface area contributed by atoms with Gasteiger partial charge in [0, 0.05) is 11.6 Å². The van der Waals surface area contributed by atoms with Crippen molar-refractivity contribution in [1.82, 2.24) is 9.97 Å². The van der Waals surface area contributed by atoms with Crippen molar-refractivity contribution in [1.29, 1.82) is 0 Å². The summed E-state index contributed by atoms with van der Waals surface area (Å²) in [6, 6.07) is 9.59. The van der Waals surface area contributed by atoms with Crippen molar-refractivity contribution >= 4 is 55.0 Å². The summed E-state index contributed by atoms with van der Waals surface area (Å²) in [6.45, 7) is 0. The number of carbonyl (C=O) groups is 1. The highest BCUT2D eigenvalue weighted by atomic mass is 79.9. The number of aromatic nitrogens is 2. The molecule has 0 atom stereocenters. The van der Waals surface area contributed by atoms with Crippen molar-refractivity contribution < 1.29 is 9.90 Å². The van der Waals surface area contributed by atoms with Crippen LogP contribution in [0.5, 0.6) is 0 Å². The van der Waals surface area contributed by atoms with E-state index in [1.54, 1.807) is 6.20 Å². The van der Waals surface area contributed by atoms with E-state index >= 15 is 0 Å². The topological polar surface area (TPSA) is 75.1 Å². The number of nitrogens with one attached hydrogen (secondary N) is 1. The van der Waals surface area contributed by atoms with Gasteiger partial charge in [-0.05, 0) is 28.1 Å². The number of rotatable bonds is 3. The van der Waals surface area contributed by atoms with Crippen LogP contribution in [0, 0.1) is 0 Å². The van der Waals surface area contributed by atoms with Gasteiger partial charge in [0.25, 0.3) is 0 Å². The Labute approximate surface area is 126 Å². The second-order valence-electron chi connectivity index (χ2n) is 3.95. The number of halogens is 1. The number of hydrogen-bond donors (Lipinski definition) is 2. The fraction of sp³-hybridized carbons (Fsp3) is 0. The number of hydrogen-bond acceptors (Lipinski definition) is 5. The third-order valence-electron chi connectivity index (χ3n) is 2.65. The molecule has 0 bridgehead atoms. The molecular weight excluding hydrogens is 342 g/mol. The number of aromatic carboxylic acids is 1. The van der Waals surface area contributed by atoms with E-state index in [-0.39, 0.29) is 4.88 Å². The third-order valence-corrected chi connectivity index (χ3v) is 4.45. The quantitative estimate of drug-likeness (QED) is 0.749. The Morgan fingerprint density at radius 2 is 2.10 bits per heavy atom. The Morgan fingerprint density at radius 1 is 1.30 bits per heavy atom. The van der Waals surface area contributed by atoms with Crippen LogP contribution in [-0.2, 0) is 0 Å². The number of thiazole rings is 1. The molecule has 2 aromatic heterocycles. The molecule has 0 aliphatic heterocycles. The minimum atomic E-state index is -1.00. The zero-order valence-corrected chi connectivity index (χ0v) is 12.4. The zero-order valence-electron chi connectivity index (χ0n) is 10.0. The molecule has 0 fully saturated rings. The average Bonchev–Trinajstić information content (AvgIpc) is 2.80. The number of fused-ring (bicyclic) bond motifs is 1. The van der Waals surface area contributed by atoms with E-state index in [1.165, 1.54) is 0 Å². The van der Waals surface area contributed by atoms with Crippen molar-refractivity contribution in [3.05, 3.63) is 46.0 Å². The molecule has 3 rings (SSSR count). The molecule has 0 amide bonds. The van der Waals surface area contributed by atoms with Crippen LogP contribution in [0.15, 0.2) is 41.1 Å². The largest absolute Gasteiger partial charge is 0.477 e. The second-order valence-corrected chi connectivity index (χ2v) is 5.70. The van der Waals surface area contributed by atoms with E-state index in [0.29, 0.717) is 9.73 Å². The molecule has 2 N–H and O–H groups in total. The number of para-hydroxylation sites is 1. The molecule has 0 saturated carbocycles. The number of carboxylic acid groups (broad SMARTS) is 1. The van der Waals surface area contributed by atoms with Crippen molar-refractivity contribution in [2.24, 2.45) is 0 Å². The summed E-state index contributed by atoms with van der Waals surface area (Å²) in [4.78, 5) is 19.6. The first-order chi connectivity index (χ1) is 9.65. The lowest BCUT2D eigenvalue weighted by Crippen LogP contribution is -1.92. The number of nitrogens with zero attached hydrogens (tertiary/aromatic N) is 2. The summed E-state index contributed by atoms with van der Waals surface area (Å²) in [5.74, 6) is -1.00. The maximum absolute atomic E-state index is 11.0. The van der Waals surface area contributed by atoms with Gasteiger partial charge in [-0.2, -0.15) is 0 Å². The molecule has 5 nitrogen and oxygen atoms in total. The van der Waals surface area contributed by atoms with E-state index in [9.17, 15) is 4.79 Å². The van der Waals surface area contributed by atoms with Gasteiger partial charge >= 0.3 is 5.97 Å². The van der Waals surface area contributed by atoms with Crippen LogP contribution < -0.4 is 5.32 Å². The lowest BCUT2D eigenvalue weighted by atomic mass is 10.2. The minimum Gasteiger partial charge on any atom is -0.477 e. The monoisotopic (exact) mass is 349 g/mol. The number of pyridine rings is 1. The highest BCUT2D eigenvalue weighted by molar-refractivity contribution is 9.10. The minimum absolute atomic E-state index is 0.167. The number of anilines is 2. The summed E-state index contributed by atoms with van der Waals surface area (Å²) in [7, 11) is 0. The molecule has 0 spiro atoms. The molecule has 7 heteroatoms. The van der Waals surface area contributed by atoms with Crippen LogP contribution in [-0.4, -0.2) is 21.0 Å². The lowest BCUT2D eigenvalue weighted by molar-refractivity contribution is 0.0701. The van der Waals surface area contributed by atoms with Gasteiger partial charge in [0.15, 0.2) is 5.13 Å². The second kappa shape index (κ2) is 5.18. The molecule has 100 valence electrons. The Bertz CT molecular complexity index is 798. The first-order valence-electron chi connectivity index (χ1n) is 5.65. The first kappa shape index (κ1) is 13.0. The van der Waals surface area contributed by atoms with E-state index in [4.69, 9.17) is 5.11 Å². The van der Waals surface area contributed by atoms with Gasteiger partial charge in [-0.25, -0.2) is 9.78 Å². The van der Waals surface area contributed by atoms with Gasteiger partial charge in [-0.15, -0.1) is 0 Å². The molecule has 1 aromatic carbocycles. The molecule has 20 heavy (non-hydrogen) atoms. The molecule has 0 saturated heterocycles. The van der Waals surface area contributed by atoms with Crippen molar-refractivity contribution in [2.45, 2.75) is 0 Å². The van der Waals surface area contributed by atoms with Crippen LogP contribution in [0.2, 0.25) is 0 Å². The molecule has 0 unspecified atom stereocenters. The van der Waals surface area contributed by atoms with Gasteiger partial charge in [0.2, 0.25) is 0 Å². The van der Waals surface area contributed by atoms with Gasteiger partial charge in [0.1, 0.15) is 9.48 Å². The van der Waals surface area contributed by atoms with Gasteiger partial charge < -0.3 is 10.4 Å². The summed E-state index contributed by atoms with van der Waals surface area (Å²) in [5, 5.41) is 13.6. The van der Waals surface area contributed by atoms with Crippen LogP contribution in [0.1, 0.15) is 9.67 Å². The molecule has 2 heterocycles. The average molecular weight is 350 g/mol. The van der Waals surface area contributed by atoms with Crippen molar-refractivity contribution in [3.63, 3.8) is 0 Å². The van der Waals surface area contributed by atoms with Crippen LogP contribution in [0.25, 0.3) is 10.9 Å². The maximum Gasteiger partial charge on any atom is 0.348 e. The predicted molar refractivity (Wildman–Crippen MR) is 81.8 cm³/mol. The molecule has 3 aromatic rings. The predicted octanol–water partition coefficient (Wildman–Crippen LogP) is 3.90. The molecular formula is C13H8BrN3O2S. The van der Waals surface area contributed by atoms with Crippen LogP contribution in [0.3, 0.4) is 0 Å². The summed E-state index contributed by atoms with van der Waals surface area (Å²) < 4.78 is 0.325. The molecule has 0 radical (unpaired) electrons. The van der Waals surface area contributed by atoms with E-state index in [0.717, 1.165) is 27.9 Å². The first-order valence-corrected chi connectivity index (χ1v) is 7.26. The molecule has 0 aliphatic rings. The fourth-order valence-corrected chi connectivity index (χ4v) is 3.22. The van der Waals surface area contributed by atoms with E-state index in [2.05, 4.69) is 31.2 Å². The Hall–Kier alpha value is -1.99. The van der Waals surface area contributed by atoms with Gasteiger partial charge in [-0.1, -0.05) is 29.5 Å². The summed E-state index contributed by atoms with van der Waals surface area (Å²) >= 11 is 4.22.